The molecule has 0 N–H and O–H groups in total. The maximum Gasteiger partial charge on any atom is 0.181 e. The summed E-state index contributed by atoms with van der Waals surface area (Å²) in [4.78, 5) is 4.29. The lowest BCUT2D eigenvalue weighted by atomic mass is 10.1. The molecule has 0 saturated carbocycles. The Bertz CT molecular complexity index is 2010. The van der Waals surface area contributed by atoms with Crippen LogP contribution < -0.4 is 28.0 Å². The third-order valence-corrected chi connectivity index (χ3v) is 15.3. The molecule has 0 aromatic carbocycles. The van der Waals surface area contributed by atoms with Crippen molar-refractivity contribution < 1.29 is 47.4 Å². The first-order valence-corrected chi connectivity index (χ1v) is 19.9. The third kappa shape index (κ3) is 4.60. The summed E-state index contributed by atoms with van der Waals surface area (Å²) in [6.07, 6.45) is -0.507. The van der Waals surface area contributed by atoms with Crippen molar-refractivity contribution in [3.8, 4) is 23.0 Å². The molecular weight excluding hydrogens is 705 g/mol. The van der Waals surface area contributed by atoms with Gasteiger partial charge in [0.25, 0.3) is 0 Å². The second-order valence-corrected chi connectivity index (χ2v) is 17.4. The Hall–Kier alpha value is -2.27. The molecule has 10 rings (SSSR count). The van der Waals surface area contributed by atoms with Crippen LogP contribution in [0.4, 0.5) is 0 Å². The van der Waals surface area contributed by atoms with Gasteiger partial charge in [-0.3, -0.25) is 0 Å². The van der Waals surface area contributed by atoms with E-state index in [1.165, 1.54) is 0 Å². The van der Waals surface area contributed by atoms with Gasteiger partial charge in [0, 0.05) is 9.81 Å². The number of hydrogen-bond donors (Lipinski definition) is 0. The van der Waals surface area contributed by atoms with Gasteiger partial charge in [0.05, 0.1) is 51.7 Å². The van der Waals surface area contributed by atoms with Crippen LogP contribution in [0.15, 0.2) is 32.8 Å². The van der Waals surface area contributed by atoms with Crippen LogP contribution in [-0.2, 0) is 28.4 Å². The number of rotatable bonds is 0. The maximum absolute atomic E-state index is 6.47. The van der Waals surface area contributed by atoms with E-state index in [2.05, 4.69) is 13.8 Å². The molecule has 2 aromatic heterocycles. The molecule has 248 valence electrons. The highest BCUT2D eigenvalue weighted by Crippen LogP contribution is 2.56. The molecule has 4 unspecified atom stereocenters. The van der Waals surface area contributed by atoms with E-state index in [0.29, 0.717) is 66.1 Å². The molecule has 4 atom stereocenters. The molecule has 10 nitrogen and oxygen atoms in total. The van der Waals surface area contributed by atoms with Gasteiger partial charge in [-0.2, -0.15) is 0 Å². The Morgan fingerprint density at radius 3 is 1.51 bits per heavy atom. The molecular formula is C32H30O10S5. The quantitative estimate of drug-likeness (QED) is 0.384. The van der Waals surface area contributed by atoms with Gasteiger partial charge in [-0.25, -0.2) is 0 Å². The molecule has 0 spiro atoms. The highest BCUT2D eigenvalue weighted by Gasteiger charge is 2.47. The fraction of sp³-hybridized carbons (Fsp3) is 0.500. The van der Waals surface area contributed by atoms with Crippen LogP contribution in [-0.4, -0.2) is 88.8 Å². The van der Waals surface area contributed by atoms with Crippen molar-refractivity contribution in [1.29, 1.82) is 0 Å². The molecule has 10 heterocycles. The standard InChI is InChI=1S/C32H30O10S5/c1-13-15-17(35-5-3-33-15)25(43-13)27-19-21(39-9-7-37-19)29(45-27)31-23-24(42-12-11-41-23)32(47-31)30-22-20(38-8-10-40-22)28(46-30)26-18-16(14(2)44-26)34-4-6-36-18/h13-14,19,21H,3-12H2,1-2H3/b27-25+,28-26+,31-29+,32-30+. The minimum absolute atomic E-state index is 0.159. The van der Waals surface area contributed by atoms with Gasteiger partial charge in [0.1, 0.15) is 65.1 Å². The minimum atomic E-state index is -0.268. The first-order chi connectivity index (χ1) is 23.2. The first-order valence-electron chi connectivity index (χ1n) is 15.7. The number of thiophene rings is 2. The maximum atomic E-state index is 6.47. The van der Waals surface area contributed by atoms with Crippen molar-refractivity contribution in [2.45, 2.75) is 36.6 Å². The molecule has 0 radical (unpaired) electrons. The molecule has 2 saturated heterocycles. The molecule has 2 aromatic rings. The van der Waals surface area contributed by atoms with Crippen LogP contribution in [0, 0.1) is 9.06 Å². The van der Waals surface area contributed by atoms with Crippen molar-refractivity contribution >= 4 is 67.8 Å². The Morgan fingerprint density at radius 2 is 0.894 bits per heavy atom. The summed E-state index contributed by atoms with van der Waals surface area (Å²) >= 11 is 8.51. The van der Waals surface area contributed by atoms with Crippen LogP contribution in [0.3, 0.4) is 0 Å². The van der Waals surface area contributed by atoms with Crippen molar-refractivity contribution in [3.05, 3.63) is 51.0 Å². The molecule has 8 aliphatic rings. The Morgan fingerprint density at radius 1 is 0.447 bits per heavy atom. The average Bonchev–Trinajstić information content (AvgIpc) is 3.92. The van der Waals surface area contributed by atoms with Gasteiger partial charge >= 0.3 is 0 Å². The molecule has 8 aliphatic heterocycles. The number of hydrogen-bond acceptors (Lipinski definition) is 15. The Balaban J connectivity index is 1.22. The van der Waals surface area contributed by atoms with Crippen LogP contribution >= 0.6 is 58.0 Å². The smallest absolute Gasteiger partial charge is 0.181 e. The largest absolute Gasteiger partial charge is 0.489 e. The van der Waals surface area contributed by atoms with Gasteiger partial charge in [0.2, 0.25) is 0 Å². The zero-order valence-electron chi connectivity index (χ0n) is 25.5. The molecule has 0 amide bonds. The van der Waals surface area contributed by atoms with Gasteiger partial charge in [-0.15, -0.1) is 46.2 Å². The van der Waals surface area contributed by atoms with E-state index >= 15 is 0 Å². The van der Waals surface area contributed by atoms with Gasteiger partial charge in [-0.05, 0) is 13.8 Å². The summed E-state index contributed by atoms with van der Waals surface area (Å²) in [7, 11) is 0. The second kappa shape index (κ2) is 11.7. The van der Waals surface area contributed by atoms with E-state index in [-0.39, 0.29) is 22.7 Å². The van der Waals surface area contributed by atoms with E-state index in [1.54, 1.807) is 58.0 Å². The SMILES string of the molecule is CC1S/C(=C2/S/C(=c3/s/c(=c4/s/c(=C5/SC(C)C6=C5OCCO6)c5c4OCCO5)c4c3OCCO4)C3OCCOC23)C2=C1OCCO2. The van der Waals surface area contributed by atoms with Crippen molar-refractivity contribution in [2.24, 2.45) is 0 Å². The summed E-state index contributed by atoms with van der Waals surface area (Å²) in [6, 6.07) is 0. The summed E-state index contributed by atoms with van der Waals surface area (Å²) in [5.41, 5.74) is 0. The van der Waals surface area contributed by atoms with Gasteiger partial charge in [0.15, 0.2) is 46.0 Å². The lowest BCUT2D eigenvalue weighted by Crippen LogP contribution is -2.37. The molecule has 0 aliphatic carbocycles. The van der Waals surface area contributed by atoms with Crippen molar-refractivity contribution in [3.63, 3.8) is 0 Å². The first kappa shape index (κ1) is 29.6. The van der Waals surface area contributed by atoms with E-state index in [0.717, 1.165) is 83.8 Å². The summed E-state index contributed by atoms with van der Waals surface area (Å²) in [5.74, 6) is 6.44. The number of fused-ring (bicyclic) bond motifs is 3. The highest BCUT2D eigenvalue weighted by molar-refractivity contribution is 8.13. The molecule has 2 fully saturated rings. The number of ether oxygens (including phenoxy) is 10. The normalized spacial score (nSPS) is 33.8. The molecule has 47 heavy (non-hydrogen) atoms. The summed E-state index contributed by atoms with van der Waals surface area (Å²) in [6.45, 7) is 9.45. The fourth-order valence-corrected chi connectivity index (χ4v) is 13.4. The minimum Gasteiger partial charge on any atom is -0.489 e. The van der Waals surface area contributed by atoms with Crippen LogP contribution in [0.25, 0.3) is 9.81 Å². The van der Waals surface area contributed by atoms with Gasteiger partial charge in [-0.1, -0.05) is 11.8 Å². The van der Waals surface area contributed by atoms with Crippen molar-refractivity contribution in [1.82, 2.24) is 0 Å². The number of thioether (sulfide) groups is 3. The fourth-order valence-electron chi connectivity index (χ4n) is 6.77. The van der Waals surface area contributed by atoms with E-state index in [4.69, 9.17) is 47.4 Å². The lowest BCUT2D eigenvalue weighted by molar-refractivity contribution is -0.0949. The van der Waals surface area contributed by atoms with Crippen LogP contribution in [0.2, 0.25) is 0 Å². The predicted octanol–water partition coefficient (Wildman–Crippen LogP) is 4.39. The topological polar surface area (TPSA) is 92.3 Å². The zero-order valence-corrected chi connectivity index (χ0v) is 29.6. The monoisotopic (exact) mass is 734 g/mol. The lowest BCUT2D eigenvalue weighted by Gasteiger charge is -2.27. The average molecular weight is 735 g/mol. The zero-order chi connectivity index (χ0) is 31.2. The molecule has 0 bridgehead atoms. The van der Waals surface area contributed by atoms with Crippen LogP contribution in [0.1, 0.15) is 13.8 Å². The third-order valence-electron chi connectivity index (χ3n) is 8.71. The Labute approximate surface area is 290 Å². The van der Waals surface area contributed by atoms with E-state index < -0.39 is 0 Å². The van der Waals surface area contributed by atoms with Crippen molar-refractivity contribution in [2.75, 3.05) is 66.1 Å². The molecule has 15 heteroatoms. The Kier molecular flexibility index (Phi) is 7.35. The predicted molar refractivity (Wildman–Crippen MR) is 180 cm³/mol. The highest BCUT2D eigenvalue weighted by atomic mass is 32.2. The van der Waals surface area contributed by atoms with Crippen LogP contribution in [0.5, 0.6) is 23.0 Å². The van der Waals surface area contributed by atoms with E-state index in [9.17, 15) is 0 Å². The summed E-state index contributed by atoms with van der Waals surface area (Å²) < 4.78 is 66.7. The van der Waals surface area contributed by atoms with Gasteiger partial charge < -0.3 is 47.4 Å². The van der Waals surface area contributed by atoms with E-state index in [1.807, 2.05) is 0 Å². The summed E-state index contributed by atoms with van der Waals surface area (Å²) in [5, 5.41) is 0.336. The second-order valence-electron chi connectivity index (χ2n) is 11.6.